The van der Waals surface area contributed by atoms with Gasteiger partial charge in [-0.2, -0.15) is 0 Å². The second-order valence-electron chi connectivity index (χ2n) is 7.79. The van der Waals surface area contributed by atoms with Crippen LogP contribution in [-0.2, 0) is 0 Å². The number of piperazine rings is 1. The minimum absolute atomic E-state index is 0.381. The summed E-state index contributed by atoms with van der Waals surface area (Å²) in [6.07, 6.45) is 4.26. The number of nitrogens with zero attached hydrogens (tertiary/aromatic N) is 1. The molecule has 1 N–H and O–H groups in total. The Hall–Kier alpha value is -0.0800. The van der Waals surface area contributed by atoms with Gasteiger partial charge in [0.05, 0.1) is 0 Å². The lowest BCUT2D eigenvalue weighted by Crippen LogP contribution is -2.58. The average Bonchev–Trinajstić information content (AvgIpc) is 2.32. The summed E-state index contributed by atoms with van der Waals surface area (Å²) in [6, 6.07) is 1.50. The van der Waals surface area contributed by atoms with Crippen molar-refractivity contribution in [2.24, 2.45) is 17.3 Å². The topological polar surface area (TPSA) is 15.3 Å². The van der Waals surface area contributed by atoms with E-state index in [1.54, 1.807) is 0 Å². The molecule has 0 amide bonds. The Kier molecular flexibility index (Phi) is 4.38. The molecule has 2 nitrogen and oxygen atoms in total. The van der Waals surface area contributed by atoms with E-state index in [2.05, 4.69) is 44.8 Å². The maximum Gasteiger partial charge on any atom is 0.0244 e. The summed E-state index contributed by atoms with van der Waals surface area (Å²) in [7, 11) is 0. The molecule has 1 saturated heterocycles. The summed E-state index contributed by atoms with van der Waals surface area (Å²) in [5.74, 6) is 1.84. The van der Waals surface area contributed by atoms with Gasteiger partial charge >= 0.3 is 0 Å². The first-order valence-electron chi connectivity index (χ1n) is 7.85. The highest BCUT2D eigenvalue weighted by molar-refractivity contribution is 4.91. The smallest absolute Gasteiger partial charge is 0.0244 e. The molecule has 2 fully saturated rings. The Morgan fingerprint density at radius 1 is 1.06 bits per heavy atom. The fourth-order valence-electron chi connectivity index (χ4n) is 3.54. The van der Waals surface area contributed by atoms with Gasteiger partial charge in [-0.05, 0) is 36.5 Å². The first kappa shape index (κ1) is 14.3. The van der Waals surface area contributed by atoms with Crippen LogP contribution in [0.3, 0.4) is 0 Å². The van der Waals surface area contributed by atoms with Crippen LogP contribution >= 0.6 is 0 Å². The van der Waals surface area contributed by atoms with E-state index >= 15 is 0 Å². The average molecular weight is 252 g/mol. The lowest BCUT2D eigenvalue weighted by atomic mass is 9.77. The molecule has 1 aliphatic heterocycles. The molecular weight excluding hydrogens is 220 g/mol. The van der Waals surface area contributed by atoms with Gasteiger partial charge in [-0.25, -0.2) is 0 Å². The van der Waals surface area contributed by atoms with Crippen molar-refractivity contribution < 1.29 is 0 Å². The quantitative estimate of drug-likeness (QED) is 0.771. The summed E-state index contributed by atoms with van der Waals surface area (Å²) < 4.78 is 0. The maximum atomic E-state index is 3.71. The van der Waals surface area contributed by atoms with Gasteiger partial charge in [-0.1, -0.05) is 34.6 Å². The lowest BCUT2D eigenvalue weighted by Gasteiger charge is -2.46. The first-order chi connectivity index (χ1) is 8.38. The number of hydrogen-bond acceptors (Lipinski definition) is 2. The molecule has 4 unspecified atom stereocenters. The fraction of sp³-hybridized carbons (Fsp3) is 1.00. The van der Waals surface area contributed by atoms with Gasteiger partial charge in [0, 0.05) is 31.7 Å². The zero-order chi connectivity index (χ0) is 13.3. The van der Waals surface area contributed by atoms with Crippen LogP contribution in [0.25, 0.3) is 0 Å². The van der Waals surface area contributed by atoms with Crippen LogP contribution in [0.15, 0.2) is 0 Å². The molecule has 1 saturated carbocycles. The third kappa shape index (κ3) is 3.27. The minimum atomic E-state index is 0.381. The van der Waals surface area contributed by atoms with Crippen molar-refractivity contribution in [3.8, 4) is 0 Å². The molecule has 0 aromatic heterocycles. The fourth-order valence-corrected chi connectivity index (χ4v) is 3.54. The zero-order valence-electron chi connectivity index (χ0n) is 13.0. The molecule has 18 heavy (non-hydrogen) atoms. The standard InChI is InChI=1S/C16H32N2/c1-12-6-7-14(10-13(12)2)18-9-8-17-15(11-18)16(3,4)5/h12-15,17H,6-11H2,1-5H3. The van der Waals surface area contributed by atoms with Crippen molar-refractivity contribution >= 4 is 0 Å². The number of hydrogen-bond donors (Lipinski definition) is 1. The van der Waals surface area contributed by atoms with Crippen LogP contribution in [0.4, 0.5) is 0 Å². The molecule has 0 aromatic carbocycles. The third-order valence-electron chi connectivity index (χ3n) is 5.34. The molecular formula is C16H32N2. The van der Waals surface area contributed by atoms with Crippen LogP contribution in [0.2, 0.25) is 0 Å². The second-order valence-corrected chi connectivity index (χ2v) is 7.79. The van der Waals surface area contributed by atoms with Gasteiger partial charge in [0.1, 0.15) is 0 Å². The Labute approximate surface area is 114 Å². The van der Waals surface area contributed by atoms with E-state index in [9.17, 15) is 0 Å². The monoisotopic (exact) mass is 252 g/mol. The van der Waals surface area contributed by atoms with E-state index in [0.717, 1.165) is 17.9 Å². The molecule has 2 rings (SSSR count). The first-order valence-corrected chi connectivity index (χ1v) is 7.85. The number of rotatable bonds is 1. The van der Waals surface area contributed by atoms with Gasteiger partial charge in [0.15, 0.2) is 0 Å². The molecule has 106 valence electrons. The molecule has 1 heterocycles. The molecule has 2 aliphatic rings. The lowest BCUT2D eigenvalue weighted by molar-refractivity contribution is 0.0580. The Bertz CT molecular complexity index is 269. The van der Waals surface area contributed by atoms with Crippen LogP contribution in [-0.4, -0.2) is 36.6 Å². The second kappa shape index (κ2) is 5.50. The zero-order valence-corrected chi connectivity index (χ0v) is 13.0. The van der Waals surface area contributed by atoms with Crippen LogP contribution in [0.1, 0.15) is 53.9 Å². The van der Waals surface area contributed by atoms with Gasteiger partial charge < -0.3 is 5.32 Å². The summed E-state index contributed by atoms with van der Waals surface area (Å²) >= 11 is 0. The molecule has 2 heteroatoms. The van der Waals surface area contributed by atoms with Gasteiger partial charge in [0.25, 0.3) is 0 Å². The van der Waals surface area contributed by atoms with Crippen molar-refractivity contribution in [1.82, 2.24) is 10.2 Å². The SMILES string of the molecule is CC1CCC(N2CCNC(C(C)(C)C)C2)CC1C. The highest BCUT2D eigenvalue weighted by Crippen LogP contribution is 2.33. The van der Waals surface area contributed by atoms with Crippen molar-refractivity contribution in [2.75, 3.05) is 19.6 Å². The van der Waals surface area contributed by atoms with E-state index in [1.165, 1.54) is 38.9 Å². The van der Waals surface area contributed by atoms with E-state index in [4.69, 9.17) is 0 Å². The summed E-state index contributed by atoms with van der Waals surface area (Å²) in [5, 5.41) is 3.71. The predicted octanol–water partition coefficient (Wildman–Crippen LogP) is 3.13. The van der Waals surface area contributed by atoms with Crippen LogP contribution in [0.5, 0.6) is 0 Å². The third-order valence-corrected chi connectivity index (χ3v) is 5.34. The van der Waals surface area contributed by atoms with Crippen molar-refractivity contribution in [3.63, 3.8) is 0 Å². The summed E-state index contributed by atoms with van der Waals surface area (Å²) in [5.41, 5.74) is 0.381. The van der Waals surface area contributed by atoms with Gasteiger partial charge in [0.2, 0.25) is 0 Å². The predicted molar refractivity (Wildman–Crippen MR) is 78.8 cm³/mol. The number of nitrogens with one attached hydrogen (secondary N) is 1. The van der Waals surface area contributed by atoms with Crippen molar-refractivity contribution in [3.05, 3.63) is 0 Å². The summed E-state index contributed by atoms with van der Waals surface area (Å²) in [4.78, 5) is 2.77. The summed E-state index contributed by atoms with van der Waals surface area (Å²) in [6.45, 7) is 15.6. The van der Waals surface area contributed by atoms with Crippen molar-refractivity contribution in [1.29, 1.82) is 0 Å². The van der Waals surface area contributed by atoms with Crippen molar-refractivity contribution in [2.45, 2.75) is 66.0 Å². The molecule has 0 spiro atoms. The van der Waals surface area contributed by atoms with E-state index in [-0.39, 0.29) is 0 Å². The largest absolute Gasteiger partial charge is 0.311 e. The highest BCUT2D eigenvalue weighted by Gasteiger charge is 2.34. The molecule has 0 radical (unpaired) electrons. The van der Waals surface area contributed by atoms with E-state index in [1.807, 2.05) is 0 Å². The van der Waals surface area contributed by atoms with Gasteiger partial charge in [-0.15, -0.1) is 0 Å². The Balaban J connectivity index is 1.93. The molecule has 0 bridgehead atoms. The van der Waals surface area contributed by atoms with Crippen LogP contribution < -0.4 is 5.32 Å². The highest BCUT2D eigenvalue weighted by atomic mass is 15.2. The van der Waals surface area contributed by atoms with E-state index in [0.29, 0.717) is 11.5 Å². The molecule has 0 aromatic rings. The maximum absolute atomic E-state index is 3.71. The Morgan fingerprint density at radius 3 is 2.39 bits per heavy atom. The molecule has 4 atom stereocenters. The van der Waals surface area contributed by atoms with Crippen LogP contribution in [0, 0.1) is 17.3 Å². The molecule has 1 aliphatic carbocycles. The Morgan fingerprint density at radius 2 is 1.78 bits per heavy atom. The van der Waals surface area contributed by atoms with Gasteiger partial charge in [-0.3, -0.25) is 4.90 Å². The van der Waals surface area contributed by atoms with E-state index < -0.39 is 0 Å². The minimum Gasteiger partial charge on any atom is -0.311 e. The normalized spacial score (nSPS) is 39.8.